The van der Waals surface area contributed by atoms with Crippen molar-refractivity contribution in [3.8, 4) is 11.5 Å². The lowest BCUT2D eigenvalue weighted by molar-refractivity contribution is -0.384. The van der Waals surface area contributed by atoms with Gasteiger partial charge in [-0.25, -0.2) is 0 Å². The summed E-state index contributed by atoms with van der Waals surface area (Å²) in [5.74, 6) is 0.481. The van der Waals surface area contributed by atoms with Crippen molar-refractivity contribution in [2.75, 3.05) is 7.11 Å². The Hall–Kier alpha value is -3.35. The van der Waals surface area contributed by atoms with E-state index in [9.17, 15) is 14.9 Å². The van der Waals surface area contributed by atoms with Crippen LogP contribution < -0.4 is 15.2 Å². The van der Waals surface area contributed by atoms with Crippen LogP contribution in [0.1, 0.15) is 11.1 Å². The summed E-state index contributed by atoms with van der Waals surface area (Å²) in [6, 6.07) is 11.3. The molecule has 124 valence electrons. The zero-order chi connectivity index (χ0) is 17.5. The number of non-ortho nitro benzene ring substituents is 1. The van der Waals surface area contributed by atoms with Crippen LogP contribution in [0.15, 0.2) is 48.5 Å². The van der Waals surface area contributed by atoms with Crippen LogP contribution in [0.3, 0.4) is 0 Å². The third kappa shape index (κ3) is 4.57. The molecule has 24 heavy (non-hydrogen) atoms. The van der Waals surface area contributed by atoms with Gasteiger partial charge >= 0.3 is 0 Å². The van der Waals surface area contributed by atoms with Gasteiger partial charge in [-0.05, 0) is 41.5 Å². The molecule has 0 fully saturated rings. The molecular weight excluding hydrogens is 312 g/mol. The number of ether oxygens (including phenoxy) is 2. The van der Waals surface area contributed by atoms with Crippen molar-refractivity contribution in [1.82, 2.24) is 0 Å². The summed E-state index contributed by atoms with van der Waals surface area (Å²) < 4.78 is 11.0. The van der Waals surface area contributed by atoms with Gasteiger partial charge in [-0.1, -0.05) is 6.07 Å². The lowest BCUT2D eigenvalue weighted by Gasteiger charge is -2.11. The van der Waals surface area contributed by atoms with E-state index < -0.39 is 10.8 Å². The molecule has 2 aromatic carbocycles. The highest BCUT2D eigenvalue weighted by molar-refractivity contribution is 5.90. The number of methoxy groups -OCH3 is 1. The number of benzene rings is 2. The van der Waals surface area contributed by atoms with Crippen molar-refractivity contribution in [2.45, 2.75) is 6.61 Å². The van der Waals surface area contributed by atoms with Gasteiger partial charge in [-0.2, -0.15) is 0 Å². The van der Waals surface area contributed by atoms with Crippen LogP contribution in [0, 0.1) is 10.1 Å². The highest BCUT2D eigenvalue weighted by atomic mass is 16.6. The predicted octanol–water partition coefficient (Wildman–Crippen LogP) is 2.68. The number of nitro groups is 1. The average molecular weight is 328 g/mol. The molecule has 0 saturated carbocycles. The molecule has 0 spiro atoms. The summed E-state index contributed by atoms with van der Waals surface area (Å²) in [4.78, 5) is 21.0. The van der Waals surface area contributed by atoms with E-state index in [1.165, 1.54) is 25.3 Å². The van der Waals surface area contributed by atoms with E-state index in [4.69, 9.17) is 15.2 Å². The van der Waals surface area contributed by atoms with Crippen LogP contribution in [0.5, 0.6) is 11.5 Å². The molecule has 0 aliphatic carbocycles. The van der Waals surface area contributed by atoms with Crippen molar-refractivity contribution in [2.24, 2.45) is 5.73 Å². The highest BCUT2D eigenvalue weighted by Crippen LogP contribution is 2.29. The number of primary amides is 1. The van der Waals surface area contributed by atoms with E-state index in [-0.39, 0.29) is 12.3 Å². The zero-order valence-corrected chi connectivity index (χ0v) is 13.0. The van der Waals surface area contributed by atoms with Crippen LogP contribution in [0.25, 0.3) is 6.08 Å². The quantitative estimate of drug-likeness (QED) is 0.478. The topological polar surface area (TPSA) is 105 Å². The number of nitrogens with zero attached hydrogens (tertiary/aromatic N) is 1. The van der Waals surface area contributed by atoms with Gasteiger partial charge in [0, 0.05) is 18.2 Å². The fourth-order valence-corrected chi connectivity index (χ4v) is 1.96. The Morgan fingerprint density at radius 1 is 1.21 bits per heavy atom. The fraction of sp³-hybridized carbons (Fsp3) is 0.118. The first-order valence-corrected chi connectivity index (χ1v) is 7.01. The van der Waals surface area contributed by atoms with Crippen LogP contribution in [0.4, 0.5) is 5.69 Å². The fourth-order valence-electron chi connectivity index (χ4n) is 1.96. The maximum absolute atomic E-state index is 10.8. The third-order valence-electron chi connectivity index (χ3n) is 3.17. The summed E-state index contributed by atoms with van der Waals surface area (Å²) >= 11 is 0. The number of hydrogen-bond acceptors (Lipinski definition) is 5. The second-order valence-electron chi connectivity index (χ2n) is 4.86. The third-order valence-corrected chi connectivity index (χ3v) is 3.17. The first kappa shape index (κ1) is 17.0. The second kappa shape index (κ2) is 7.77. The van der Waals surface area contributed by atoms with Gasteiger partial charge in [0.25, 0.3) is 5.69 Å². The predicted molar refractivity (Wildman–Crippen MR) is 88.7 cm³/mol. The normalized spacial score (nSPS) is 10.5. The minimum Gasteiger partial charge on any atom is -0.493 e. The van der Waals surface area contributed by atoms with E-state index in [1.54, 1.807) is 36.4 Å². The number of nitrogens with two attached hydrogens (primary N) is 1. The second-order valence-corrected chi connectivity index (χ2v) is 4.86. The summed E-state index contributed by atoms with van der Waals surface area (Å²) in [5.41, 5.74) is 6.60. The number of nitro benzene ring substituents is 1. The van der Waals surface area contributed by atoms with Gasteiger partial charge in [-0.3, -0.25) is 14.9 Å². The summed E-state index contributed by atoms with van der Waals surface area (Å²) in [6.45, 7) is 0.220. The Bertz CT molecular complexity index is 769. The zero-order valence-electron chi connectivity index (χ0n) is 13.0. The Labute approximate surface area is 138 Å². The lowest BCUT2D eigenvalue weighted by Crippen LogP contribution is -2.05. The Kier molecular flexibility index (Phi) is 5.51. The largest absolute Gasteiger partial charge is 0.493 e. The van der Waals surface area contributed by atoms with Crippen molar-refractivity contribution in [3.05, 3.63) is 69.8 Å². The molecule has 0 saturated heterocycles. The Morgan fingerprint density at radius 3 is 2.50 bits per heavy atom. The molecular formula is C17H16N2O5. The SMILES string of the molecule is COc1ccc(C=CC(N)=O)cc1OCc1ccc([N+](=O)[O-])cc1. The van der Waals surface area contributed by atoms with Crippen molar-refractivity contribution in [1.29, 1.82) is 0 Å². The molecule has 2 N–H and O–H groups in total. The maximum Gasteiger partial charge on any atom is 0.269 e. The lowest BCUT2D eigenvalue weighted by atomic mass is 10.2. The molecule has 0 aliphatic heterocycles. The molecule has 0 aromatic heterocycles. The van der Waals surface area contributed by atoms with Crippen LogP contribution in [-0.4, -0.2) is 17.9 Å². The van der Waals surface area contributed by atoms with Crippen molar-refractivity contribution in [3.63, 3.8) is 0 Å². The molecule has 0 bridgehead atoms. The molecule has 2 rings (SSSR count). The molecule has 1 amide bonds. The number of carbonyl (C=O) groups is 1. The van der Waals surface area contributed by atoms with Gasteiger partial charge in [0.1, 0.15) is 6.61 Å². The molecule has 7 nitrogen and oxygen atoms in total. The minimum atomic E-state index is -0.542. The Balaban J connectivity index is 2.13. The standard InChI is InChI=1S/C17H16N2O5/c1-23-15-8-4-12(5-9-17(18)20)10-16(15)24-11-13-2-6-14(7-3-13)19(21)22/h2-10H,11H2,1H3,(H2,18,20). The van der Waals surface area contributed by atoms with E-state index in [2.05, 4.69) is 0 Å². The maximum atomic E-state index is 10.8. The monoisotopic (exact) mass is 328 g/mol. The smallest absolute Gasteiger partial charge is 0.269 e. The van der Waals surface area contributed by atoms with Gasteiger partial charge in [0.15, 0.2) is 11.5 Å². The molecule has 7 heteroatoms. The molecule has 0 unspecified atom stereocenters. The average Bonchev–Trinajstić information content (AvgIpc) is 2.58. The molecule has 0 atom stereocenters. The van der Waals surface area contributed by atoms with Crippen molar-refractivity contribution >= 4 is 17.7 Å². The number of hydrogen-bond donors (Lipinski definition) is 1. The van der Waals surface area contributed by atoms with E-state index in [1.807, 2.05) is 0 Å². The molecule has 0 heterocycles. The van der Waals surface area contributed by atoms with Gasteiger partial charge < -0.3 is 15.2 Å². The molecule has 2 aromatic rings. The molecule has 0 aliphatic rings. The highest BCUT2D eigenvalue weighted by Gasteiger charge is 2.07. The van der Waals surface area contributed by atoms with E-state index in [0.717, 1.165) is 11.1 Å². The number of amides is 1. The number of rotatable bonds is 7. The first-order valence-electron chi connectivity index (χ1n) is 7.01. The van der Waals surface area contributed by atoms with Gasteiger partial charge in [0.2, 0.25) is 5.91 Å². The van der Waals surface area contributed by atoms with E-state index in [0.29, 0.717) is 11.5 Å². The summed E-state index contributed by atoms with van der Waals surface area (Å²) in [6.07, 6.45) is 2.82. The first-order chi connectivity index (χ1) is 11.5. The Morgan fingerprint density at radius 2 is 1.92 bits per heavy atom. The number of carbonyl (C=O) groups excluding carboxylic acids is 1. The van der Waals surface area contributed by atoms with Crippen LogP contribution in [-0.2, 0) is 11.4 Å². The summed E-state index contributed by atoms with van der Waals surface area (Å²) in [7, 11) is 1.52. The summed E-state index contributed by atoms with van der Waals surface area (Å²) in [5, 5.41) is 10.6. The van der Waals surface area contributed by atoms with Crippen LogP contribution in [0.2, 0.25) is 0 Å². The van der Waals surface area contributed by atoms with Crippen molar-refractivity contribution < 1.29 is 19.2 Å². The molecule has 0 radical (unpaired) electrons. The van der Waals surface area contributed by atoms with E-state index >= 15 is 0 Å². The van der Waals surface area contributed by atoms with Gasteiger partial charge in [-0.15, -0.1) is 0 Å². The van der Waals surface area contributed by atoms with Gasteiger partial charge in [0.05, 0.1) is 12.0 Å². The minimum absolute atomic E-state index is 0.0231. The van der Waals surface area contributed by atoms with Crippen LogP contribution >= 0.6 is 0 Å².